The van der Waals surface area contributed by atoms with E-state index in [0.717, 1.165) is 0 Å². The van der Waals surface area contributed by atoms with Crippen molar-refractivity contribution in [2.45, 2.75) is 69.0 Å². The standard InChI is InChI=1S/C14H26O9/c1-2-20-11-3-8(17)14(19)10(23-11)6-21-12-4-7(16)13(18)9(5-15)22-12/h7-19H,2-6H2,1H3/t7-,8?,9?,10-,11+,12+,13+,14+/m1/s1. The topological polar surface area (TPSA) is 138 Å². The molecule has 0 aromatic carbocycles. The summed E-state index contributed by atoms with van der Waals surface area (Å²) >= 11 is 0. The summed E-state index contributed by atoms with van der Waals surface area (Å²) in [6, 6.07) is 0. The summed E-state index contributed by atoms with van der Waals surface area (Å²) in [4.78, 5) is 0. The van der Waals surface area contributed by atoms with Crippen LogP contribution in [0.5, 0.6) is 0 Å². The molecule has 23 heavy (non-hydrogen) atoms. The molecule has 2 unspecified atom stereocenters. The average Bonchev–Trinajstić information content (AvgIpc) is 2.52. The molecule has 0 aromatic heterocycles. The predicted molar refractivity (Wildman–Crippen MR) is 75.2 cm³/mol. The first kappa shape index (κ1) is 19.0. The smallest absolute Gasteiger partial charge is 0.160 e. The van der Waals surface area contributed by atoms with E-state index in [4.69, 9.17) is 24.1 Å². The number of ether oxygens (including phenoxy) is 4. The van der Waals surface area contributed by atoms with Gasteiger partial charge in [0.05, 0.1) is 25.4 Å². The van der Waals surface area contributed by atoms with E-state index in [0.29, 0.717) is 6.61 Å². The molecule has 0 radical (unpaired) electrons. The van der Waals surface area contributed by atoms with E-state index >= 15 is 0 Å². The highest BCUT2D eigenvalue weighted by atomic mass is 16.7. The Balaban J connectivity index is 1.86. The minimum Gasteiger partial charge on any atom is -0.394 e. The maximum Gasteiger partial charge on any atom is 0.160 e. The van der Waals surface area contributed by atoms with Crippen molar-refractivity contribution in [3.05, 3.63) is 0 Å². The minimum absolute atomic E-state index is 0.0257. The van der Waals surface area contributed by atoms with Gasteiger partial charge in [0.25, 0.3) is 0 Å². The molecule has 2 fully saturated rings. The average molecular weight is 338 g/mol. The third-order valence-corrected chi connectivity index (χ3v) is 4.05. The van der Waals surface area contributed by atoms with Gasteiger partial charge < -0.3 is 44.5 Å². The van der Waals surface area contributed by atoms with Gasteiger partial charge in [-0.25, -0.2) is 0 Å². The molecule has 9 nitrogen and oxygen atoms in total. The van der Waals surface area contributed by atoms with Gasteiger partial charge in [0, 0.05) is 19.4 Å². The van der Waals surface area contributed by atoms with Gasteiger partial charge in [-0.15, -0.1) is 0 Å². The summed E-state index contributed by atoms with van der Waals surface area (Å²) in [5.74, 6) is 0. The number of rotatable bonds is 6. The Morgan fingerprint density at radius 1 is 0.870 bits per heavy atom. The largest absolute Gasteiger partial charge is 0.394 e. The molecule has 0 bridgehead atoms. The van der Waals surface area contributed by atoms with Gasteiger partial charge >= 0.3 is 0 Å². The third kappa shape index (κ3) is 4.81. The lowest BCUT2D eigenvalue weighted by molar-refractivity contribution is -0.291. The van der Waals surface area contributed by atoms with Crippen LogP contribution >= 0.6 is 0 Å². The Morgan fingerprint density at radius 3 is 1.96 bits per heavy atom. The molecule has 2 aliphatic heterocycles. The first-order valence-corrected chi connectivity index (χ1v) is 7.83. The van der Waals surface area contributed by atoms with Crippen LogP contribution in [0.3, 0.4) is 0 Å². The zero-order chi connectivity index (χ0) is 17.0. The lowest BCUT2D eigenvalue weighted by atomic mass is 10.0. The maximum absolute atomic E-state index is 9.96. The Bertz CT molecular complexity index is 355. The molecule has 136 valence electrons. The Morgan fingerprint density at radius 2 is 1.39 bits per heavy atom. The first-order valence-electron chi connectivity index (χ1n) is 7.83. The molecule has 0 aromatic rings. The van der Waals surface area contributed by atoms with Crippen LogP contribution in [0.4, 0.5) is 0 Å². The third-order valence-electron chi connectivity index (χ3n) is 4.05. The quantitative estimate of drug-likeness (QED) is 0.362. The van der Waals surface area contributed by atoms with Gasteiger partial charge in [-0.2, -0.15) is 0 Å². The second-order valence-corrected chi connectivity index (χ2v) is 5.77. The molecule has 8 atom stereocenters. The van der Waals surface area contributed by atoms with Crippen molar-refractivity contribution in [2.24, 2.45) is 0 Å². The van der Waals surface area contributed by atoms with E-state index in [-0.39, 0.29) is 19.4 Å². The van der Waals surface area contributed by atoms with E-state index < -0.39 is 55.8 Å². The normalized spacial score (nSPS) is 45.1. The molecule has 0 saturated carbocycles. The first-order chi connectivity index (χ1) is 11.0. The molecule has 5 N–H and O–H groups in total. The van der Waals surface area contributed by atoms with Crippen molar-refractivity contribution < 1.29 is 44.5 Å². The number of aliphatic hydroxyl groups excluding tert-OH is 5. The van der Waals surface area contributed by atoms with Crippen molar-refractivity contribution in [2.75, 3.05) is 19.8 Å². The van der Waals surface area contributed by atoms with Gasteiger partial charge in [-0.05, 0) is 6.92 Å². The molecule has 0 amide bonds. The summed E-state index contributed by atoms with van der Waals surface area (Å²) in [5.41, 5.74) is 0. The summed E-state index contributed by atoms with van der Waals surface area (Å²) < 4.78 is 21.6. The fourth-order valence-electron chi connectivity index (χ4n) is 2.72. The highest BCUT2D eigenvalue weighted by Crippen LogP contribution is 2.25. The van der Waals surface area contributed by atoms with Crippen LogP contribution in [0.25, 0.3) is 0 Å². The summed E-state index contributed by atoms with van der Waals surface area (Å²) in [7, 11) is 0. The Labute approximate surface area is 134 Å². The van der Waals surface area contributed by atoms with Gasteiger partial charge in [0.1, 0.15) is 24.4 Å². The van der Waals surface area contributed by atoms with Gasteiger partial charge in [0.15, 0.2) is 12.6 Å². The van der Waals surface area contributed by atoms with Crippen molar-refractivity contribution in [1.82, 2.24) is 0 Å². The molecular formula is C14H26O9. The Hall–Kier alpha value is -0.360. The fourth-order valence-corrected chi connectivity index (χ4v) is 2.72. The molecule has 0 aliphatic carbocycles. The fraction of sp³-hybridized carbons (Fsp3) is 1.00. The van der Waals surface area contributed by atoms with Gasteiger partial charge in [0.2, 0.25) is 0 Å². The molecule has 2 saturated heterocycles. The molecule has 2 rings (SSSR count). The van der Waals surface area contributed by atoms with E-state index in [1.807, 2.05) is 0 Å². The van der Waals surface area contributed by atoms with Crippen LogP contribution in [0.15, 0.2) is 0 Å². The SMILES string of the molecule is CCO[C@@H]1CC(O)[C@H](O)[C@@H](CO[C@@H]2C[C@@H](O)[C@H](O)C(CO)O2)O1. The Kier molecular flexibility index (Phi) is 7.14. The van der Waals surface area contributed by atoms with Gasteiger partial charge in [-0.1, -0.05) is 0 Å². The maximum atomic E-state index is 9.96. The minimum atomic E-state index is -1.18. The molecule has 2 aliphatic rings. The van der Waals surface area contributed by atoms with Crippen LogP contribution < -0.4 is 0 Å². The zero-order valence-corrected chi connectivity index (χ0v) is 13.0. The monoisotopic (exact) mass is 338 g/mol. The molecule has 0 spiro atoms. The number of aliphatic hydroxyl groups is 5. The van der Waals surface area contributed by atoms with Gasteiger partial charge in [-0.3, -0.25) is 0 Å². The lowest BCUT2D eigenvalue weighted by Crippen LogP contribution is -2.53. The van der Waals surface area contributed by atoms with Crippen LogP contribution in [-0.2, 0) is 18.9 Å². The second kappa shape index (κ2) is 8.65. The van der Waals surface area contributed by atoms with E-state index in [1.54, 1.807) is 6.92 Å². The molecule has 9 heteroatoms. The van der Waals surface area contributed by atoms with Crippen molar-refractivity contribution in [1.29, 1.82) is 0 Å². The summed E-state index contributed by atoms with van der Waals surface area (Å²) in [6.07, 6.45) is -7.41. The van der Waals surface area contributed by atoms with Crippen LogP contribution in [0.1, 0.15) is 19.8 Å². The predicted octanol–water partition coefficient (Wildman–Crippen LogP) is -2.29. The van der Waals surface area contributed by atoms with E-state index in [2.05, 4.69) is 0 Å². The van der Waals surface area contributed by atoms with Crippen LogP contribution in [0, 0.1) is 0 Å². The lowest BCUT2D eigenvalue weighted by Gasteiger charge is -2.39. The highest BCUT2D eigenvalue weighted by molar-refractivity contribution is 4.85. The molecular weight excluding hydrogens is 312 g/mol. The summed E-state index contributed by atoms with van der Waals surface area (Å²) in [5, 5.41) is 48.3. The number of hydrogen-bond donors (Lipinski definition) is 5. The zero-order valence-electron chi connectivity index (χ0n) is 13.0. The van der Waals surface area contributed by atoms with Crippen molar-refractivity contribution >= 4 is 0 Å². The van der Waals surface area contributed by atoms with Crippen molar-refractivity contribution in [3.8, 4) is 0 Å². The van der Waals surface area contributed by atoms with E-state index in [9.17, 15) is 20.4 Å². The molecule has 2 heterocycles. The summed E-state index contributed by atoms with van der Waals surface area (Å²) in [6.45, 7) is 1.66. The second-order valence-electron chi connectivity index (χ2n) is 5.77. The highest BCUT2D eigenvalue weighted by Gasteiger charge is 2.40. The van der Waals surface area contributed by atoms with Crippen molar-refractivity contribution in [3.63, 3.8) is 0 Å². The number of hydrogen-bond acceptors (Lipinski definition) is 9. The van der Waals surface area contributed by atoms with Crippen LogP contribution in [-0.4, -0.2) is 94.6 Å². The van der Waals surface area contributed by atoms with Crippen LogP contribution in [0.2, 0.25) is 0 Å². The van der Waals surface area contributed by atoms with E-state index in [1.165, 1.54) is 0 Å².